The van der Waals surface area contributed by atoms with Gasteiger partial charge < -0.3 is 13.4 Å². The lowest BCUT2D eigenvalue weighted by Crippen LogP contribution is -1.81. The minimum atomic E-state index is 0.130. The maximum absolute atomic E-state index is 10.7. The monoisotopic (exact) mass is 232 g/mol. The summed E-state index contributed by atoms with van der Waals surface area (Å²) in [7, 11) is 0. The average Bonchev–Trinajstić information content (AvgIpc) is 2.93. The van der Waals surface area contributed by atoms with E-state index in [2.05, 4.69) is 10.1 Å². The SMILES string of the molecule is Cc1noc(C)c1-c1nc2coc(C=O)c2o1. The molecular weight excluding hydrogens is 224 g/mol. The number of carbonyl (C=O) groups is 1. The van der Waals surface area contributed by atoms with Gasteiger partial charge in [0.1, 0.15) is 23.1 Å². The largest absolute Gasteiger partial charge is 0.455 e. The van der Waals surface area contributed by atoms with Gasteiger partial charge in [0, 0.05) is 0 Å². The van der Waals surface area contributed by atoms with Gasteiger partial charge in [-0.15, -0.1) is 0 Å². The number of hydrogen-bond donors (Lipinski definition) is 0. The third-order valence-corrected chi connectivity index (χ3v) is 2.53. The summed E-state index contributed by atoms with van der Waals surface area (Å²) in [6, 6.07) is 0. The Hall–Kier alpha value is -2.37. The predicted octanol–water partition coefficient (Wildman–Crippen LogP) is 2.51. The quantitative estimate of drug-likeness (QED) is 0.631. The van der Waals surface area contributed by atoms with E-state index in [1.165, 1.54) is 6.26 Å². The molecule has 0 spiro atoms. The second kappa shape index (κ2) is 3.31. The molecule has 3 aromatic rings. The molecule has 0 aliphatic carbocycles. The molecule has 6 heteroatoms. The first-order chi connectivity index (χ1) is 8.20. The summed E-state index contributed by atoms with van der Waals surface area (Å²) >= 11 is 0. The Labute approximate surface area is 95.2 Å². The molecule has 0 atom stereocenters. The molecule has 0 N–H and O–H groups in total. The molecule has 0 aromatic carbocycles. The normalized spacial score (nSPS) is 11.2. The van der Waals surface area contributed by atoms with Crippen LogP contribution in [-0.4, -0.2) is 16.4 Å². The van der Waals surface area contributed by atoms with Crippen molar-refractivity contribution in [1.82, 2.24) is 10.1 Å². The Morgan fingerprint density at radius 3 is 2.82 bits per heavy atom. The smallest absolute Gasteiger partial charge is 0.233 e. The highest BCUT2D eigenvalue weighted by Crippen LogP contribution is 2.30. The Morgan fingerprint density at radius 1 is 1.35 bits per heavy atom. The van der Waals surface area contributed by atoms with Crippen molar-refractivity contribution < 1.29 is 18.2 Å². The minimum Gasteiger partial charge on any atom is -0.455 e. The van der Waals surface area contributed by atoms with Gasteiger partial charge in [-0.05, 0) is 13.8 Å². The highest BCUT2D eigenvalue weighted by molar-refractivity contribution is 5.91. The zero-order valence-electron chi connectivity index (χ0n) is 9.18. The van der Waals surface area contributed by atoms with Crippen LogP contribution in [0, 0.1) is 13.8 Å². The van der Waals surface area contributed by atoms with Crippen molar-refractivity contribution in [2.24, 2.45) is 0 Å². The lowest BCUT2D eigenvalue weighted by atomic mass is 10.2. The lowest BCUT2D eigenvalue weighted by molar-refractivity contribution is 0.110. The summed E-state index contributed by atoms with van der Waals surface area (Å²) in [5.74, 6) is 1.13. The van der Waals surface area contributed by atoms with Crippen LogP contribution in [0.15, 0.2) is 19.6 Å². The summed E-state index contributed by atoms with van der Waals surface area (Å²) in [5.41, 5.74) is 2.24. The average molecular weight is 232 g/mol. The number of carbonyl (C=O) groups excluding carboxylic acids is 1. The zero-order valence-corrected chi connectivity index (χ0v) is 9.18. The van der Waals surface area contributed by atoms with E-state index in [4.69, 9.17) is 13.4 Å². The van der Waals surface area contributed by atoms with Gasteiger partial charge in [-0.2, -0.15) is 0 Å². The molecular formula is C11H8N2O4. The molecule has 6 nitrogen and oxygen atoms in total. The van der Waals surface area contributed by atoms with Crippen LogP contribution in [0.2, 0.25) is 0 Å². The molecule has 0 unspecified atom stereocenters. The van der Waals surface area contributed by atoms with Gasteiger partial charge in [-0.1, -0.05) is 5.16 Å². The topological polar surface area (TPSA) is 82.3 Å². The highest BCUT2D eigenvalue weighted by Gasteiger charge is 2.20. The van der Waals surface area contributed by atoms with Crippen LogP contribution in [0.4, 0.5) is 0 Å². The van der Waals surface area contributed by atoms with Crippen LogP contribution in [0.3, 0.4) is 0 Å². The molecule has 0 saturated carbocycles. The van der Waals surface area contributed by atoms with Crippen molar-refractivity contribution in [3.05, 3.63) is 23.5 Å². The Bertz CT molecular complexity index is 685. The predicted molar refractivity (Wildman–Crippen MR) is 56.6 cm³/mol. The number of furan rings is 1. The second-order valence-corrected chi connectivity index (χ2v) is 3.65. The third kappa shape index (κ3) is 1.30. The maximum atomic E-state index is 10.7. The molecule has 0 radical (unpaired) electrons. The maximum Gasteiger partial charge on any atom is 0.233 e. The first-order valence-electron chi connectivity index (χ1n) is 4.97. The van der Waals surface area contributed by atoms with E-state index in [1.807, 2.05) is 0 Å². The lowest BCUT2D eigenvalue weighted by Gasteiger charge is -1.91. The van der Waals surface area contributed by atoms with Gasteiger partial charge in [-0.3, -0.25) is 4.79 Å². The standard InChI is InChI=1S/C11H8N2O4/c1-5-9(6(2)17-13-5)11-12-7-4-15-8(3-14)10(7)16-11/h3-4H,1-2H3. The van der Waals surface area contributed by atoms with Crippen molar-refractivity contribution in [3.8, 4) is 11.5 Å². The van der Waals surface area contributed by atoms with Gasteiger partial charge in [0.15, 0.2) is 6.29 Å². The number of aromatic nitrogens is 2. The Kier molecular flexibility index (Phi) is 1.91. The van der Waals surface area contributed by atoms with Gasteiger partial charge in [-0.25, -0.2) is 4.98 Å². The summed E-state index contributed by atoms with van der Waals surface area (Å²) in [6.45, 7) is 3.57. The van der Waals surface area contributed by atoms with E-state index >= 15 is 0 Å². The molecule has 17 heavy (non-hydrogen) atoms. The van der Waals surface area contributed by atoms with Crippen LogP contribution in [0.1, 0.15) is 22.0 Å². The minimum absolute atomic E-state index is 0.130. The van der Waals surface area contributed by atoms with Crippen molar-refractivity contribution in [2.75, 3.05) is 0 Å². The van der Waals surface area contributed by atoms with Crippen LogP contribution in [0.5, 0.6) is 0 Å². The fraction of sp³-hybridized carbons (Fsp3) is 0.182. The fourth-order valence-corrected chi connectivity index (χ4v) is 1.74. The molecule has 0 aliphatic heterocycles. The van der Waals surface area contributed by atoms with E-state index in [0.717, 1.165) is 0 Å². The molecule has 86 valence electrons. The Morgan fingerprint density at radius 2 is 2.18 bits per heavy atom. The van der Waals surface area contributed by atoms with Crippen molar-refractivity contribution in [3.63, 3.8) is 0 Å². The first-order valence-corrected chi connectivity index (χ1v) is 4.97. The van der Waals surface area contributed by atoms with E-state index in [9.17, 15) is 4.79 Å². The Balaban J connectivity index is 2.25. The van der Waals surface area contributed by atoms with E-state index in [1.54, 1.807) is 13.8 Å². The fourth-order valence-electron chi connectivity index (χ4n) is 1.74. The van der Waals surface area contributed by atoms with Crippen molar-refractivity contribution in [2.45, 2.75) is 13.8 Å². The molecule has 0 saturated heterocycles. The molecule has 0 bridgehead atoms. The third-order valence-electron chi connectivity index (χ3n) is 2.53. The van der Waals surface area contributed by atoms with Gasteiger partial charge in [0.25, 0.3) is 0 Å². The molecule has 0 amide bonds. The van der Waals surface area contributed by atoms with Crippen LogP contribution in [0.25, 0.3) is 22.6 Å². The van der Waals surface area contributed by atoms with Gasteiger partial charge in [0.05, 0.1) is 5.69 Å². The van der Waals surface area contributed by atoms with E-state index < -0.39 is 0 Å². The summed E-state index contributed by atoms with van der Waals surface area (Å²) in [6.07, 6.45) is 1.97. The van der Waals surface area contributed by atoms with Crippen LogP contribution >= 0.6 is 0 Å². The number of hydrogen-bond acceptors (Lipinski definition) is 6. The van der Waals surface area contributed by atoms with Gasteiger partial charge in [0.2, 0.25) is 17.2 Å². The second-order valence-electron chi connectivity index (χ2n) is 3.65. The first kappa shape index (κ1) is 9.83. The number of aldehydes is 1. The molecule has 3 heterocycles. The van der Waals surface area contributed by atoms with Crippen molar-refractivity contribution in [1.29, 1.82) is 0 Å². The van der Waals surface area contributed by atoms with Crippen LogP contribution < -0.4 is 0 Å². The van der Waals surface area contributed by atoms with Crippen molar-refractivity contribution >= 4 is 17.4 Å². The summed E-state index contributed by atoms with van der Waals surface area (Å²) < 4.78 is 15.5. The van der Waals surface area contributed by atoms with Crippen LogP contribution in [-0.2, 0) is 0 Å². The number of fused-ring (bicyclic) bond motifs is 1. The molecule has 0 aliphatic rings. The molecule has 0 fully saturated rings. The number of rotatable bonds is 2. The van der Waals surface area contributed by atoms with Gasteiger partial charge >= 0.3 is 0 Å². The number of aryl methyl sites for hydroxylation is 2. The summed E-state index contributed by atoms with van der Waals surface area (Å²) in [5, 5.41) is 3.82. The number of oxazole rings is 1. The molecule has 3 aromatic heterocycles. The number of nitrogens with zero attached hydrogens (tertiary/aromatic N) is 2. The van der Waals surface area contributed by atoms with E-state index in [0.29, 0.717) is 40.3 Å². The molecule has 3 rings (SSSR count). The summed E-state index contributed by atoms with van der Waals surface area (Å²) in [4.78, 5) is 14.9. The van der Waals surface area contributed by atoms with E-state index in [-0.39, 0.29) is 5.76 Å². The highest BCUT2D eigenvalue weighted by atomic mass is 16.5. The zero-order chi connectivity index (χ0) is 12.0.